The van der Waals surface area contributed by atoms with Crippen LogP contribution in [0.1, 0.15) is 6.42 Å². The zero-order chi connectivity index (χ0) is 11.7. The molecule has 0 rings (SSSR count). The predicted octanol–water partition coefficient (Wildman–Crippen LogP) is 0.752. The van der Waals surface area contributed by atoms with Gasteiger partial charge in [-0.3, -0.25) is 9.59 Å². The monoisotopic (exact) mass is 345 g/mol. The van der Waals surface area contributed by atoms with Crippen LogP contribution in [0.2, 0.25) is 0 Å². The maximum Gasteiger partial charge on any atom is 0.305 e. The highest BCUT2D eigenvalue weighted by Gasteiger charge is 2.11. The molecule has 88 valence electrons. The van der Waals surface area contributed by atoms with E-state index in [0.29, 0.717) is 18.5 Å². The number of hydrogen-bond acceptors (Lipinski definition) is 3. The molecule has 0 radical (unpaired) electrons. The molecule has 1 amide bonds. The second-order valence-electron chi connectivity index (χ2n) is 2.67. The summed E-state index contributed by atoms with van der Waals surface area (Å²) in [5.74, 6) is -1.01. The van der Waals surface area contributed by atoms with Gasteiger partial charge in [-0.05, 0) is 0 Å². The number of aliphatic carboxylic acids is 1. The van der Waals surface area contributed by atoms with Crippen LogP contribution in [0.3, 0.4) is 0 Å². The van der Waals surface area contributed by atoms with Gasteiger partial charge in [0.15, 0.2) is 0 Å². The first kappa shape index (κ1) is 14.9. The zero-order valence-electron chi connectivity index (χ0n) is 8.04. The summed E-state index contributed by atoms with van der Waals surface area (Å²) in [7, 11) is 0. The van der Waals surface area contributed by atoms with E-state index in [-0.39, 0.29) is 23.8 Å². The minimum absolute atomic E-state index is 0.0174. The standard InChI is InChI=1S/C8H13Br2NO4/c9-5-6(10)8(14)11-2-4-15-3-1-7(12)13/h6H,1-5H2,(H,11,14)(H,12,13). The van der Waals surface area contributed by atoms with Crippen molar-refractivity contribution in [3.8, 4) is 0 Å². The highest BCUT2D eigenvalue weighted by Crippen LogP contribution is 2.02. The number of carbonyl (C=O) groups is 2. The van der Waals surface area contributed by atoms with Gasteiger partial charge < -0.3 is 15.2 Å². The SMILES string of the molecule is O=C(O)CCOCCNC(=O)C(Br)CBr. The van der Waals surface area contributed by atoms with Crippen LogP contribution in [0, 0.1) is 0 Å². The maximum atomic E-state index is 11.2. The largest absolute Gasteiger partial charge is 0.481 e. The van der Waals surface area contributed by atoms with Crippen molar-refractivity contribution in [1.29, 1.82) is 0 Å². The topological polar surface area (TPSA) is 75.6 Å². The Labute approximate surface area is 105 Å². The molecule has 0 aliphatic rings. The summed E-state index contributed by atoms with van der Waals surface area (Å²) in [6, 6.07) is 0. The van der Waals surface area contributed by atoms with Crippen LogP contribution >= 0.6 is 31.9 Å². The number of carboxylic acid groups (broad SMARTS) is 1. The van der Waals surface area contributed by atoms with Gasteiger partial charge in [0.05, 0.1) is 19.6 Å². The van der Waals surface area contributed by atoms with Crippen molar-refractivity contribution in [2.24, 2.45) is 0 Å². The van der Waals surface area contributed by atoms with E-state index in [4.69, 9.17) is 9.84 Å². The van der Waals surface area contributed by atoms with Crippen LogP contribution in [0.15, 0.2) is 0 Å². The van der Waals surface area contributed by atoms with Gasteiger partial charge in [-0.2, -0.15) is 0 Å². The zero-order valence-corrected chi connectivity index (χ0v) is 11.2. The van der Waals surface area contributed by atoms with Crippen LogP contribution in [-0.2, 0) is 14.3 Å². The molecule has 0 aromatic carbocycles. The summed E-state index contributed by atoms with van der Waals surface area (Å²) >= 11 is 6.33. The van der Waals surface area contributed by atoms with E-state index in [1.165, 1.54) is 0 Å². The van der Waals surface area contributed by atoms with Crippen LogP contribution in [-0.4, -0.2) is 46.9 Å². The van der Waals surface area contributed by atoms with Crippen molar-refractivity contribution in [2.45, 2.75) is 11.2 Å². The third-order valence-corrected chi connectivity index (χ3v) is 3.68. The lowest BCUT2D eigenvalue weighted by atomic mass is 10.4. The molecule has 0 heterocycles. The Balaban J connectivity index is 3.31. The Morgan fingerprint density at radius 3 is 2.60 bits per heavy atom. The quantitative estimate of drug-likeness (QED) is 0.502. The Hall–Kier alpha value is -0.140. The minimum Gasteiger partial charge on any atom is -0.481 e. The fraction of sp³-hybridized carbons (Fsp3) is 0.750. The van der Waals surface area contributed by atoms with E-state index in [9.17, 15) is 9.59 Å². The van der Waals surface area contributed by atoms with Gasteiger partial charge >= 0.3 is 5.97 Å². The number of nitrogens with one attached hydrogen (secondary N) is 1. The van der Waals surface area contributed by atoms with Gasteiger partial charge in [0.25, 0.3) is 0 Å². The lowest BCUT2D eigenvalue weighted by Crippen LogP contribution is -2.34. The smallest absolute Gasteiger partial charge is 0.305 e. The summed E-state index contributed by atoms with van der Waals surface area (Å²) in [4.78, 5) is 21.0. The lowest BCUT2D eigenvalue weighted by Gasteiger charge is -2.08. The normalized spacial score (nSPS) is 12.1. The van der Waals surface area contributed by atoms with Crippen LogP contribution in [0.4, 0.5) is 0 Å². The van der Waals surface area contributed by atoms with E-state index >= 15 is 0 Å². The molecule has 0 saturated heterocycles. The molecule has 1 unspecified atom stereocenters. The van der Waals surface area contributed by atoms with Gasteiger partial charge in [-0.15, -0.1) is 0 Å². The third kappa shape index (κ3) is 8.83. The molecule has 0 saturated carbocycles. The van der Waals surface area contributed by atoms with Gasteiger partial charge in [0.2, 0.25) is 5.91 Å². The van der Waals surface area contributed by atoms with Gasteiger partial charge in [0, 0.05) is 11.9 Å². The number of amides is 1. The van der Waals surface area contributed by atoms with Crippen molar-refractivity contribution < 1.29 is 19.4 Å². The molecular formula is C8H13Br2NO4. The molecule has 2 N–H and O–H groups in total. The average molecular weight is 347 g/mol. The molecule has 7 heteroatoms. The molecule has 0 aromatic rings. The van der Waals surface area contributed by atoms with E-state index in [1.54, 1.807) is 0 Å². The fourth-order valence-corrected chi connectivity index (χ4v) is 1.14. The van der Waals surface area contributed by atoms with E-state index in [1.807, 2.05) is 0 Å². The van der Waals surface area contributed by atoms with Gasteiger partial charge in [-0.25, -0.2) is 0 Å². The molecule has 0 fully saturated rings. The summed E-state index contributed by atoms with van der Waals surface area (Å²) in [5, 5.41) is 11.5. The first-order valence-electron chi connectivity index (χ1n) is 4.35. The van der Waals surface area contributed by atoms with Crippen molar-refractivity contribution in [1.82, 2.24) is 5.32 Å². The van der Waals surface area contributed by atoms with E-state index in [2.05, 4.69) is 37.2 Å². The highest BCUT2D eigenvalue weighted by molar-refractivity contribution is 9.12. The van der Waals surface area contributed by atoms with Crippen molar-refractivity contribution in [3.05, 3.63) is 0 Å². The van der Waals surface area contributed by atoms with Crippen LogP contribution in [0.25, 0.3) is 0 Å². The Bertz CT molecular complexity index is 213. The molecule has 1 atom stereocenters. The summed E-state index contributed by atoms with van der Waals surface area (Å²) in [6.45, 7) is 0.871. The Morgan fingerprint density at radius 1 is 1.40 bits per heavy atom. The van der Waals surface area contributed by atoms with Crippen molar-refractivity contribution in [2.75, 3.05) is 25.1 Å². The second kappa shape index (κ2) is 9.11. The molecule has 0 spiro atoms. The molecule has 0 aliphatic carbocycles. The van der Waals surface area contributed by atoms with E-state index < -0.39 is 5.97 Å². The average Bonchev–Trinajstić information content (AvgIpc) is 2.21. The summed E-state index contributed by atoms with van der Waals surface area (Å²) in [6.07, 6.45) is -0.0174. The number of carboxylic acids is 1. The molecule has 0 bridgehead atoms. The Kier molecular flexibility index (Phi) is 9.03. The number of carbonyl (C=O) groups excluding carboxylic acids is 1. The molecular weight excluding hydrogens is 334 g/mol. The lowest BCUT2D eigenvalue weighted by molar-refractivity contribution is -0.138. The molecule has 15 heavy (non-hydrogen) atoms. The van der Waals surface area contributed by atoms with Gasteiger partial charge in [-0.1, -0.05) is 31.9 Å². The fourth-order valence-electron chi connectivity index (χ4n) is 0.689. The van der Waals surface area contributed by atoms with E-state index in [0.717, 1.165) is 0 Å². The van der Waals surface area contributed by atoms with Crippen molar-refractivity contribution in [3.63, 3.8) is 0 Å². The predicted molar refractivity (Wildman–Crippen MR) is 62.6 cm³/mol. The first-order valence-corrected chi connectivity index (χ1v) is 6.39. The number of rotatable bonds is 8. The van der Waals surface area contributed by atoms with Crippen LogP contribution < -0.4 is 5.32 Å². The third-order valence-electron chi connectivity index (χ3n) is 1.43. The summed E-state index contributed by atoms with van der Waals surface area (Å²) < 4.78 is 4.99. The molecule has 0 aromatic heterocycles. The first-order chi connectivity index (χ1) is 7.07. The summed E-state index contributed by atoms with van der Waals surface area (Å²) in [5.41, 5.74) is 0. The van der Waals surface area contributed by atoms with Gasteiger partial charge in [0.1, 0.15) is 4.83 Å². The molecule has 0 aliphatic heterocycles. The minimum atomic E-state index is -0.890. The number of ether oxygens (including phenoxy) is 1. The second-order valence-corrected chi connectivity index (χ2v) is 4.42. The highest BCUT2D eigenvalue weighted by atomic mass is 79.9. The number of alkyl halides is 2. The maximum absolute atomic E-state index is 11.2. The Morgan fingerprint density at radius 2 is 2.07 bits per heavy atom. The number of hydrogen-bond donors (Lipinski definition) is 2. The van der Waals surface area contributed by atoms with Crippen molar-refractivity contribution >= 4 is 43.7 Å². The van der Waals surface area contributed by atoms with Crippen LogP contribution in [0.5, 0.6) is 0 Å². The molecule has 5 nitrogen and oxygen atoms in total. The number of halogens is 2.